The number of guanidine groups is 1. The fraction of sp³-hybridized carbons (Fsp3) is 0.706. The van der Waals surface area contributed by atoms with E-state index in [1.807, 2.05) is 18.4 Å². The molecule has 1 aliphatic heterocycles. The number of rotatable bonds is 6. The van der Waals surface area contributed by atoms with Crippen LogP contribution in [0.25, 0.3) is 0 Å². The monoisotopic (exact) mass is 337 g/mol. The van der Waals surface area contributed by atoms with Crippen LogP contribution in [-0.4, -0.2) is 69.1 Å². The lowest BCUT2D eigenvalue weighted by molar-refractivity contribution is 0.280. The molecule has 0 unspecified atom stereocenters. The number of aliphatic imine (C=N–C) groups is 1. The molecule has 1 saturated heterocycles. The summed E-state index contributed by atoms with van der Waals surface area (Å²) in [6, 6.07) is 4.42. The van der Waals surface area contributed by atoms with E-state index in [9.17, 15) is 0 Å². The Kier molecular flexibility index (Phi) is 7.85. The van der Waals surface area contributed by atoms with Crippen molar-refractivity contribution < 1.29 is 0 Å². The first-order valence-electron chi connectivity index (χ1n) is 8.64. The van der Waals surface area contributed by atoms with Crippen molar-refractivity contribution in [3.05, 3.63) is 21.9 Å². The van der Waals surface area contributed by atoms with Crippen molar-refractivity contribution in [1.82, 2.24) is 20.4 Å². The summed E-state index contributed by atoms with van der Waals surface area (Å²) in [4.78, 5) is 12.1. The van der Waals surface area contributed by atoms with Crippen LogP contribution in [0, 0.1) is 0 Å². The summed E-state index contributed by atoms with van der Waals surface area (Å²) < 4.78 is 0. The summed E-state index contributed by atoms with van der Waals surface area (Å²) in [5, 5.41) is 6.83. The molecule has 6 heteroatoms. The molecule has 0 saturated carbocycles. The molecule has 130 valence electrons. The molecule has 2 heterocycles. The fourth-order valence-electron chi connectivity index (χ4n) is 2.75. The maximum atomic E-state index is 4.32. The van der Waals surface area contributed by atoms with Crippen molar-refractivity contribution in [3.63, 3.8) is 0 Å². The van der Waals surface area contributed by atoms with Gasteiger partial charge >= 0.3 is 0 Å². The number of aryl methyl sites for hydroxylation is 1. The predicted octanol–water partition coefficient (Wildman–Crippen LogP) is 1.61. The number of nitrogens with zero attached hydrogens (tertiary/aromatic N) is 3. The van der Waals surface area contributed by atoms with Crippen molar-refractivity contribution in [2.75, 3.05) is 53.4 Å². The van der Waals surface area contributed by atoms with Gasteiger partial charge in [-0.2, -0.15) is 0 Å². The third-order valence-electron chi connectivity index (χ3n) is 4.25. The minimum atomic E-state index is 0.846. The van der Waals surface area contributed by atoms with E-state index in [-0.39, 0.29) is 0 Å². The van der Waals surface area contributed by atoms with Gasteiger partial charge in [0.05, 0.1) is 6.54 Å². The van der Waals surface area contributed by atoms with Gasteiger partial charge in [0.1, 0.15) is 0 Å². The average Bonchev–Trinajstić information content (AvgIpc) is 2.93. The first-order valence-corrected chi connectivity index (χ1v) is 9.46. The molecule has 23 heavy (non-hydrogen) atoms. The van der Waals surface area contributed by atoms with E-state index in [4.69, 9.17) is 0 Å². The van der Waals surface area contributed by atoms with Crippen LogP contribution in [-0.2, 0) is 13.0 Å². The maximum Gasteiger partial charge on any atom is 0.191 e. The molecule has 0 spiro atoms. The minimum Gasteiger partial charge on any atom is -0.355 e. The molecule has 0 atom stereocenters. The molecule has 0 radical (unpaired) electrons. The van der Waals surface area contributed by atoms with E-state index >= 15 is 0 Å². The smallest absolute Gasteiger partial charge is 0.191 e. The number of nitrogens with one attached hydrogen (secondary N) is 2. The third kappa shape index (κ3) is 6.49. The Morgan fingerprint density at radius 3 is 2.74 bits per heavy atom. The van der Waals surface area contributed by atoms with Gasteiger partial charge in [-0.1, -0.05) is 6.92 Å². The molecule has 2 N–H and O–H groups in total. The summed E-state index contributed by atoms with van der Waals surface area (Å²) in [6.07, 6.45) is 2.38. The van der Waals surface area contributed by atoms with Crippen molar-refractivity contribution in [3.8, 4) is 0 Å². The summed E-state index contributed by atoms with van der Waals surface area (Å²) in [5.74, 6) is 0.892. The molecule has 1 aliphatic rings. The molecule has 0 aliphatic carbocycles. The van der Waals surface area contributed by atoms with E-state index in [0.29, 0.717) is 0 Å². The van der Waals surface area contributed by atoms with E-state index in [2.05, 4.69) is 51.5 Å². The predicted molar refractivity (Wildman–Crippen MR) is 100 cm³/mol. The summed E-state index contributed by atoms with van der Waals surface area (Å²) in [7, 11) is 4.05. The van der Waals surface area contributed by atoms with Crippen LogP contribution in [0.1, 0.15) is 23.1 Å². The van der Waals surface area contributed by atoms with Crippen molar-refractivity contribution >= 4 is 17.3 Å². The SMILES string of the molecule is CCc1ccc(CNC(=NC)NCCN2CCCN(C)CC2)s1. The van der Waals surface area contributed by atoms with Crippen LogP contribution in [0.2, 0.25) is 0 Å². The molecular formula is C17H31N5S. The molecule has 0 aromatic carbocycles. The Labute approximate surface area is 144 Å². The van der Waals surface area contributed by atoms with E-state index < -0.39 is 0 Å². The Bertz CT molecular complexity index is 485. The van der Waals surface area contributed by atoms with Crippen LogP contribution in [0.5, 0.6) is 0 Å². The lowest BCUT2D eigenvalue weighted by Gasteiger charge is -2.21. The van der Waals surface area contributed by atoms with Gasteiger partial charge in [0.15, 0.2) is 5.96 Å². The van der Waals surface area contributed by atoms with Crippen LogP contribution < -0.4 is 10.6 Å². The molecule has 0 amide bonds. The van der Waals surface area contributed by atoms with Gasteiger partial charge in [0.25, 0.3) is 0 Å². The lowest BCUT2D eigenvalue weighted by Crippen LogP contribution is -2.41. The van der Waals surface area contributed by atoms with Crippen molar-refractivity contribution in [1.29, 1.82) is 0 Å². The third-order valence-corrected chi connectivity index (χ3v) is 5.48. The normalized spacial score (nSPS) is 18.0. The fourth-order valence-corrected chi connectivity index (χ4v) is 3.65. The first-order chi connectivity index (χ1) is 11.2. The van der Waals surface area contributed by atoms with Gasteiger partial charge in [-0.25, -0.2) is 0 Å². The number of hydrogen-bond acceptors (Lipinski definition) is 4. The Morgan fingerprint density at radius 1 is 1.17 bits per heavy atom. The second kappa shape index (κ2) is 9.90. The Morgan fingerprint density at radius 2 is 2.00 bits per heavy atom. The standard InChI is InChI=1S/C17H31N5S/c1-4-15-6-7-16(23-15)14-20-17(18-2)19-8-11-22-10-5-9-21(3)12-13-22/h6-7H,4-5,8-14H2,1-3H3,(H2,18,19,20). The topological polar surface area (TPSA) is 42.9 Å². The zero-order valence-corrected chi connectivity index (χ0v) is 15.6. The molecule has 1 aromatic heterocycles. The van der Waals surface area contributed by atoms with Crippen LogP contribution in [0.15, 0.2) is 17.1 Å². The van der Waals surface area contributed by atoms with Crippen LogP contribution in [0.4, 0.5) is 0 Å². The molecule has 1 aromatic rings. The molecular weight excluding hydrogens is 306 g/mol. The van der Waals surface area contributed by atoms with E-state index in [1.54, 1.807) is 0 Å². The van der Waals surface area contributed by atoms with Crippen LogP contribution >= 0.6 is 11.3 Å². The first kappa shape index (κ1) is 18.2. The zero-order chi connectivity index (χ0) is 16.5. The van der Waals surface area contributed by atoms with Gasteiger partial charge in [-0.3, -0.25) is 4.99 Å². The van der Waals surface area contributed by atoms with Gasteiger partial charge < -0.3 is 20.4 Å². The number of hydrogen-bond donors (Lipinski definition) is 2. The summed E-state index contributed by atoms with van der Waals surface area (Å²) >= 11 is 1.88. The van der Waals surface area contributed by atoms with Gasteiger partial charge in [-0.05, 0) is 45.1 Å². The van der Waals surface area contributed by atoms with Crippen LogP contribution in [0.3, 0.4) is 0 Å². The molecule has 1 fully saturated rings. The van der Waals surface area contributed by atoms with Gasteiger partial charge in [0, 0.05) is 43.0 Å². The van der Waals surface area contributed by atoms with Crippen molar-refractivity contribution in [2.45, 2.75) is 26.3 Å². The molecule has 5 nitrogen and oxygen atoms in total. The molecule has 2 rings (SSSR count). The highest BCUT2D eigenvalue weighted by Gasteiger charge is 2.11. The summed E-state index contributed by atoms with van der Waals surface area (Å²) in [5.41, 5.74) is 0. The van der Waals surface area contributed by atoms with Crippen molar-refractivity contribution in [2.24, 2.45) is 4.99 Å². The highest BCUT2D eigenvalue weighted by Crippen LogP contribution is 2.16. The molecule has 0 bridgehead atoms. The minimum absolute atomic E-state index is 0.846. The van der Waals surface area contributed by atoms with Gasteiger partial charge in [-0.15, -0.1) is 11.3 Å². The number of likely N-dealkylation sites (N-methyl/N-ethyl adjacent to an activating group) is 1. The van der Waals surface area contributed by atoms with E-state index in [1.165, 1.54) is 42.4 Å². The highest BCUT2D eigenvalue weighted by atomic mass is 32.1. The zero-order valence-electron chi connectivity index (χ0n) is 14.8. The number of thiophene rings is 1. The van der Waals surface area contributed by atoms with E-state index in [0.717, 1.165) is 32.0 Å². The summed E-state index contributed by atoms with van der Waals surface area (Å²) in [6.45, 7) is 9.82. The Hall–Kier alpha value is -1.11. The maximum absolute atomic E-state index is 4.32. The second-order valence-corrected chi connectivity index (χ2v) is 7.33. The Balaban J connectivity index is 1.66. The second-order valence-electron chi connectivity index (χ2n) is 6.07. The highest BCUT2D eigenvalue weighted by molar-refractivity contribution is 7.11. The lowest BCUT2D eigenvalue weighted by atomic mass is 10.3. The largest absolute Gasteiger partial charge is 0.355 e. The quantitative estimate of drug-likeness (QED) is 0.611. The average molecular weight is 338 g/mol. The van der Waals surface area contributed by atoms with Gasteiger partial charge in [0.2, 0.25) is 0 Å².